The number of anilines is 2. The molecule has 2 aromatic heterocycles. The van der Waals surface area contributed by atoms with E-state index in [1.54, 1.807) is 0 Å². The molecule has 35 heavy (non-hydrogen) atoms. The number of aliphatic hydroxyl groups excluding tert-OH is 1. The van der Waals surface area contributed by atoms with E-state index in [1.165, 1.54) is 18.4 Å². The lowest BCUT2D eigenvalue weighted by Crippen LogP contribution is -2.22. The Kier molecular flexibility index (Phi) is 6.62. The molecule has 0 aliphatic heterocycles. The Balaban J connectivity index is 1.31. The van der Waals surface area contributed by atoms with Crippen LogP contribution in [0.2, 0.25) is 0 Å². The number of para-hydroxylation sites is 1. The molecule has 1 unspecified atom stereocenters. The molecule has 4 aromatic rings. The second-order valence-electron chi connectivity index (χ2n) is 9.00. The molecule has 1 fully saturated rings. The van der Waals surface area contributed by atoms with Gasteiger partial charge in [-0.3, -0.25) is 15.4 Å². The van der Waals surface area contributed by atoms with Crippen molar-refractivity contribution in [3.05, 3.63) is 82.8 Å². The summed E-state index contributed by atoms with van der Waals surface area (Å²) in [5.74, 6) is 6.86. The summed E-state index contributed by atoms with van der Waals surface area (Å²) in [5.41, 5.74) is 7.40. The molecule has 6 nitrogen and oxygen atoms in total. The molecular formula is C29H29N5O. The first-order chi connectivity index (χ1) is 17.0. The van der Waals surface area contributed by atoms with E-state index in [1.807, 2.05) is 61.5 Å². The predicted molar refractivity (Wildman–Crippen MR) is 142 cm³/mol. The lowest BCUT2D eigenvalue weighted by Gasteiger charge is -2.17. The van der Waals surface area contributed by atoms with E-state index >= 15 is 0 Å². The molecule has 0 bridgehead atoms. The van der Waals surface area contributed by atoms with Crippen LogP contribution in [0.3, 0.4) is 0 Å². The van der Waals surface area contributed by atoms with Crippen LogP contribution >= 0.6 is 0 Å². The number of benzene rings is 2. The number of hydrogen-bond donors (Lipinski definition) is 4. The Morgan fingerprint density at radius 1 is 1.11 bits per heavy atom. The summed E-state index contributed by atoms with van der Waals surface area (Å²) in [7, 11) is 0. The fourth-order valence-electron chi connectivity index (χ4n) is 4.05. The molecule has 0 saturated heterocycles. The van der Waals surface area contributed by atoms with Crippen molar-refractivity contribution in [2.45, 2.75) is 32.9 Å². The van der Waals surface area contributed by atoms with Crippen LogP contribution in [0.15, 0.2) is 54.6 Å². The molecule has 0 amide bonds. The number of aromatic nitrogens is 3. The molecule has 1 saturated carbocycles. The minimum absolute atomic E-state index is 0.458. The van der Waals surface area contributed by atoms with E-state index in [4.69, 9.17) is 0 Å². The number of pyridine rings is 1. The highest BCUT2D eigenvalue weighted by Gasteiger charge is 2.17. The summed E-state index contributed by atoms with van der Waals surface area (Å²) < 4.78 is 0. The Bertz CT molecular complexity index is 1420. The molecule has 2 aromatic carbocycles. The summed E-state index contributed by atoms with van der Waals surface area (Å²) >= 11 is 0. The molecular weight excluding hydrogens is 434 g/mol. The molecule has 176 valence electrons. The largest absolute Gasteiger partial charge is 0.374 e. The summed E-state index contributed by atoms with van der Waals surface area (Å²) in [6, 6.07) is 17.9. The van der Waals surface area contributed by atoms with E-state index in [2.05, 4.69) is 56.7 Å². The first-order valence-corrected chi connectivity index (χ1v) is 11.9. The zero-order chi connectivity index (χ0) is 24.2. The number of hydrogen-bond acceptors (Lipinski definition) is 5. The Morgan fingerprint density at radius 3 is 2.80 bits per heavy atom. The summed E-state index contributed by atoms with van der Waals surface area (Å²) in [4.78, 5) is 4.56. The van der Waals surface area contributed by atoms with E-state index in [9.17, 15) is 5.11 Å². The molecule has 1 aliphatic rings. The molecule has 1 aliphatic carbocycles. The van der Waals surface area contributed by atoms with Crippen LogP contribution in [0.25, 0.3) is 23.1 Å². The fraction of sp³-hybridized carbons (Fsp3) is 0.241. The van der Waals surface area contributed by atoms with Crippen LogP contribution in [0, 0.1) is 31.6 Å². The van der Waals surface area contributed by atoms with Crippen LogP contribution in [0.4, 0.5) is 11.4 Å². The number of H-pyrrole nitrogens is 1. The van der Waals surface area contributed by atoms with Crippen molar-refractivity contribution < 1.29 is 5.11 Å². The lowest BCUT2D eigenvalue weighted by atomic mass is 10.1. The maximum absolute atomic E-state index is 10.7. The van der Waals surface area contributed by atoms with Crippen LogP contribution in [-0.2, 0) is 0 Å². The standard InChI is InChI=1S/C29H29N5O/c1-19-16-20(2)31-22(17-19)12-14-27-24-13-11-23(18-28(24)34-33-27)32-26-8-4-3-7-25(26)29(35)30-15-5-6-21-9-10-21/h3-4,7-8,11-14,16-18,21,29-30,32,35H,9-10,15H2,1-2H3,(H,33,34)/b14-12+. The fourth-order valence-corrected chi connectivity index (χ4v) is 4.05. The summed E-state index contributed by atoms with van der Waals surface area (Å²) in [6.45, 7) is 4.53. The Hall–Kier alpha value is -3.92. The van der Waals surface area contributed by atoms with Gasteiger partial charge in [0.15, 0.2) is 0 Å². The van der Waals surface area contributed by atoms with Gasteiger partial charge in [0, 0.05) is 33.9 Å². The van der Waals surface area contributed by atoms with Gasteiger partial charge in [-0.05, 0) is 80.8 Å². The van der Waals surface area contributed by atoms with Crippen LogP contribution in [0.5, 0.6) is 0 Å². The minimum Gasteiger partial charge on any atom is -0.374 e. The van der Waals surface area contributed by atoms with Gasteiger partial charge < -0.3 is 10.4 Å². The third-order valence-electron chi connectivity index (χ3n) is 5.92. The Labute approximate surface area is 205 Å². The van der Waals surface area contributed by atoms with Crippen LogP contribution in [0.1, 0.15) is 47.3 Å². The van der Waals surface area contributed by atoms with E-state index in [0.29, 0.717) is 12.5 Å². The monoisotopic (exact) mass is 463 g/mol. The van der Waals surface area contributed by atoms with Gasteiger partial charge in [0.2, 0.25) is 0 Å². The smallest absolute Gasteiger partial charge is 0.133 e. The highest BCUT2D eigenvalue weighted by atomic mass is 16.3. The molecule has 0 radical (unpaired) electrons. The average Bonchev–Trinajstić information content (AvgIpc) is 3.58. The number of nitrogens with one attached hydrogen (secondary N) is 3. The van der Waals surface area contributed by atoms with Crippen molar-refractivity contribution in [3.8, 4) is 11.8 Å². The SMILES string of the molecule is Cc1cc(C)nc(/C=C/c2n[nH]c3cc(Nc4ccccc4C(O)NCC#CC4CC4)ccc23)c1. The quantitative estimate of drug-likeness (QED) is 0.215. The van der Waals surface area contributed by atoms with Crippen LogP contribution < -0.4 is 10.6 Å². The molecule has 6 heteroatoms. The Morgan fingerprint density at radius 2 is 1.97 bits per heavy atom. The average molecular weight is 464 g/mol. The highest BCUT2D eigenvalue weighted by Crippen LogP contribution is 2.28. The predicted octanol–water partition coefficient (Wildman–Crippen LogP) is 5.48. The van der Waals surface area contributed by atoms with Crippen molar-refractivity contribution in [3.63, 3.8) is 0 Å². The number of fused-ring (bicyclic) bond motifs is 1. The van der Waals surface area contributed by atoms with Gasteiger partial charge in [-0.25, -0.2) is 0 Å². The number of aromatic amines is 1. The van der Waals surface area contributed by atoms with Gasteiger partial charge in [-0.2, -0.15) is 5.10 Å². The number of nitrogens with zero attached hydrogens (tertiary/aromatic N) is 2. The van der Waals surface area contributed by atoms with Crippen molar-refractivity contribution in [2.75, 3.05) is 11.9 Å². The minimum atomic E-state index is -0.807. The topological polar surface area (TPSA) is 85.9 Å². The van der Waals surface area contributed by atoms with E-state index in [0.717, 1.165) is 44.9 Å². The molecule has 4 N–H and O–H groups in total. The number of aryl methyl sites for hydroxylation is 2. The van der Waals surface area contributed by atoms with Gasteiger partial charge in [-0.1, -0.05) is 30.0 Å². The zero-order valence-electron chi connectivity index (χ0n) is 20.0. The van der Waals surface area contributed by atoms with Crippen molar-refractivity contribution in [2.24, 2.45) is 5.92 Å². The highest BCUT2D eigenvalue weighted by molar-refractivity contribution is 5.91. The molecule has 0 spiro atoms. The normalized spacial score (nSPS) is 14.1. The van der Waals surface area contributed by atoms with Gasteiger partial charge in [-0.15, -0.1) is 0 Å². The maximum atomic E-state index is 10.7. The third kappa shape index (κ3) is 5.78. The summed E-state index contributed by atoms with van der Waals surface area (Å²) in [5, 5.41) is 25.8. The molecule has 2 heterocycles. The first kappa shape index (κ1) is 22.9. The van der Waals surface area contributed by atoms with Crippen molar-refractivity contribution >= 4 is 34.4 Å². The lowest BCUT2D eigenvalue weighted by molar-refractivity contribution is 0.145. The maximum Gasteiger partial charge on any atom is 0.133 e. The molecule has 1 atom stereocenters. The second-order valence-corrected chi connectivity index (χ2v) is 9.00. The van der Waals surface area contributed by atoms with Gasteiger partial charge in [0.25, 0.3) is 0 Å². The number of rotatable bonds is 7. The third-order valence-corrected chi connectivity index (χ3v) is 5.92. The van der Waals surface area contributed by atoms with Crippen LogP contribution in [-0.4, -0.2) is 26.8 Å². The van der Waals surface area contributed by atoms with Gasteiger partial charge >= 0.3 is 0 Å². The first-order valence-electron chi connectivity index (χ1n) is 11.9. The second kappa shape index (κ2) is 10.1. The zero-order valence-corrected chi connectivity index (χ0v) is 20.0. The van der Waals surface area contributed by atoms with E-state index in [-0.39, 0.29) is 0 Å². The summed E-state index contributed by atoms with van der Waals surface area (Å²) in [6.07, 6.45) is 5.56. The van der Waals surface area contributed by atoms with Crippen molar-refractivity contribution in [1.29, 1.82) is 0 Å². The van der Waals surface area contributed by atoms with Gasteiger partial charge in [0.05, 0.1) is 23.4 Å². The number of aliphatic hydroxyl groups is 1. The van der Waals surface area contributed by atoms with Gasteiger partial charge in [0.1, 0.15) is 6.23 Å². The molecule has 5 rings (SSSR count). The van der Waals surface area contributed by atoms with E-state index < -0.39 is 6.23 Å². The van der Waals surface area contributed by atoms with Crippen molar-refractivity contribution in [1.82, 2.24) is 20.5 Å².